The molecule has 0 aliphatic rings. The first-order valence-corrected chi connectivity index (χ1v) is 10.7. The van der Waals surface area contributed by atoms with E-state index in [0.29, 0.717) is 29.1 Å². The Morgan fingerprint density at radius 2 is 1.70 bits per heavy atom. The second-order valence-electron chi connectivity index (χ2n) is 7.37. The quantitative estimate of drug-likeness (QED) is 0.302. The molecule has 0 saturated carbocycles. The van der Waals surface area contributed by atoms with E-state index < -0.39 is 11.9 Å². The number of hydrogen-bond acceptors (Lipinski definition) is 5. The van der Waals surface area contributed by atoms with Gasteiger partial charge in [0.05, 0.1) is 37.6 Å². The van der Waals surface area contributed by atoms with Crippen LogP contribution in [0.25, 0.3) is 11.1 Å². The maximum Gasteiger partial charge on any atom is 0.340 e. The Hall–Kier alpha value is -3.74. The number of carbonyl (C=O) groups excluding carboxylic acids is 2. The van der Waals surface area contributed by atoms with E-state index in [1.165, 1.54) is 14.2 Å². The lowest BCUT2D eigenvalue weighted by Crippen LogP contribution is -2.19. The number of carbonyl (C=O) groups is 2. The SMILES string of the molecule is [B]c1ccc(OCCCC)c(C(=O)Nc2cc(-c3ccccc3)c(OC)cc2C(=O)OC)c1. The summed E-state index contributed by atoms with van der Waals surface area (Å²) in [7, 11) is 8.73. The summed E-state index contributed by atoms with van der Waals surface area (Å²) in [6.07, 6.45) is 1.82. The number of rotatable bonds is 9. The number of benzene rings is 3. The van der Waals surface area contributed by atoms with Crippen LogP contribution in [0.15, 0.2) is 60.7 Å². The fourth-order valence-electron chi connectivity index (χ4n) is 3.34. The Labute approximate surface area is 195 Å². The molecule has 0 fully saturated rings. The summed E-state index contributed by atoms with van der Waals surface area (Å²) >= 11 is 0. The third kappa shape index (κ3) is 5.74. The van der Waals surface area contributed by atoms with Crippen molar-refractivity contribution in [1.29, 1.82) is 0 Å². The van der Waals surface area contributed by atoms with Crippen LogP contribution in [0.2, 0.25) is 0 Å². The number of ether oxygens (including phenoxy) is 3. The van der Waals surface area contributed by atoms with Crippen LogP contribution in [0, 0.1) is 0 Å². The first kappa shape index (κ1) is 23.9. The van der Waals surface area contributed by atoms with Gasteiger partial charge < -0.3 is 19.5 Å². The largest absolute Gasteiger partial charge is 0.496 e. The highest BCUT2D eigenvalue weighted by Crippen LogP contribution is 2.36. The Balaban J connectivity index is 2.04. The molecular weight excluding hydrogens is 417 g/mol. The molecule has 3 aromatic carbocycles. The van der Waals surface area contributed by atoms with Gasteiger partial charge >= 0.3 is 5.97 Å². The predicted octanol–water partition coefficient (Wildman–Crippen LogP) is 4.37. The molecule has 33 heavy (non-hydrogen) atoms. The summed E-state index contributed by atoms with van der Waals surface area (Å²) in [6.45, 7) is 2.54. The van der Waals surface area contributed by atoms with Crippen molar-refractivity contribution in [2.45, 2.75) is 19.8 Å². The Morgan fingerprint density at radius 1 is 0.939 bits per heavy atom. The van der Waals surface area contributed by atoms with Crippen molar-refractivity contribution in [1.82, 2.24) is 0 Å². The highest BCUT2D eigenvalue weighted by molar-refractivity contribution is 6.33. The van der Waals surface area contributed by atoms with Crippen LogP contribution in [0.5, 0.6) is 11.5 Å². The maximum absolute atomic E-state index is 13.3. The van der Waals surface area contributed by atoms with Gasteiger partial charge in [0.2, 0.25) is 0 Å². The van der Waals surface area contributed by atoms with Crippen LogP contribution in [-0.2, 0) is 4.74 Å². The minimum Gasteiger partial charge on any atom is -0.496 e. The summed E-state index contributed by atoms with van der Waals surface area (Å²) in [4.78, 5) is 25.7. The summed E-state index contributed by atoms with van der Waals surface area (Å²) < 4.78 is 16.2. The van der Waals surface area contributed by atoms with Gasteiger partial charge in [-0.2, -0.15) is 0 Å². The molecule has 0 bridgehead atoms. The predicted molar refractivity (Wildman–Crippen MR) is 130 cm³/mol. The number of esters is 1. The first-order chi connectivity index (χ1) is 16.0. The average Bonchev–Trinajstić information content (AvgIpc) is 2.84. The van der Waals surface area contributed by atoms with Gasteiger partial charge in [-0.3, -0.25) is 4.79 Å². The number of anilines is 1. The fourth-order valence-corrected chi connectivity index (χ4v) is 3.34. The van der Waals surface area contributed by atoms with Gasteiger partial charge in [-0.25, -0.2) is 4.79 Å². The lowest BCUT2D eigenvalue weighted by Gasteiger charge is -2.17. The third-order valence-electron chi connectivity index (χ3n) is 5.08. The molecule has 7 heteroatoms. The molecule has 0 aliphatic heterocycles. The Morgan fingerprint density at radius 3 is 2.36 bits per heavy atom. The topological polar surface area (TPSA) is 73.9 Å². The number of nitrogens with one attached hydrogen (secondary N) is 1. The van der Waals surface area contributed by atoms with Crippen molar-refractivity contribution in [3.63, 3.8) is 0 Å². The molecule has 3 aromatic rings. The first-order valence-electron chi connectivity index (χ1n) is 10.7. The second kappa shape index (κ2) is 11.2. The van der Waals surface area contributed by atoms with Gasteiger partial charge in [-0.15, -0.1) is 0 Å². The van der Waals surface area contributed by atoms with E-state index in [1.807, 2.05) is 30.3 Å². The van der Waals surface area contributed by atoms with Crippen molar-refractivity contribution < 1.29 is 23.8 Å². The minimum absolute atomic E-state index is 0.166. The zero-order valence-corrected chi connectivity index (χ0v) is 19.0. The van der Waals surface area contributed by atoms with Crippen LogP contribution in [0.3, 0.4) is 0 Å². The van der Waals surface area contributed by atoms with E-state index >= 15 is 0 Å². The summed E-state index contributed by atoms with van der Waals surface area (Å²) in [5, 5.41) is 2.83. The molecule has 6 nitrogen and oxygen atoms in total. The fraction of sp³-hybridized carbons (Fsp3) is 0.231. The molecule has 0 spiro atoms. The van der Waals surface area contributed by atoms with E-state index in [0.717, 1.165) is 18.4 Å². The summed E-state index contributed by atoms with van der Waals surface area (Å²) in [5.41, 5.74) is 2.74. The van der Waals surface area contributed by atoms with Gasteiger partial charge in [-0.1, -0.05) is 61.3 Å². The number of amides is 1. The highest BCUT2D eigenvalue weighted by atomic mass is 16.5. The highest BCUT2D eigenvalue weighted by Gasteiger charge is 2.21. The van der Waals surface area contributed by atoms with Crippen molar-refractivity contribution in [3.8, 4) is 22.6 Å². The number of hydrogen-bond donors (Lipinski definition) is 1. The molecule has 168 valence electrons. The number of methoxy groups -OCH3 is 2. The smallest absolute Gasteiger partial charge is 0.340 e. The molecule has 2 radical (unpaired) electrons. The molecule has 0 unspecified atom stereocenters. The van der Waals surface area contributed by atoms with E-state index in [-0.39, 0.29) is 16.8 Å². The van der Waals surface area contributed by atoms with Gasteiger partial charge in [0.1, 0.15) is 19.3 Å². The van der Waals surface area contributed by atoms with E-state index in [9.17, 15) is 9.59 Å². The molecular formula is C26H26BNO5. The van der Waals surface area contributed by atoms with E-state index in [2.05, 4.69) is 12.2 Å². The minimum atomic E-state index is -0.602. The normalized spacial score (nSPS) is 10.4. The molecule has 0 aromatic heterocycles. The summed E-state index contributed by atoms with van der Waals surface area (Å²) in [6, 6.07) is 17.7. The molecule has 1 N–H and O–H groups in total. The zero-order valence-electron chi connectivity index (χ0n) is 19.0. The maximum atomic E-state index is 13.3. The third-order valence-corrected chi connectivity index (χ3v) is 5.08. The lowest BCUT2D eigenvalue weighted by molar-refractivity contribution is 0.0601. The van der Waals surface area contributed by atoms with E-state index in [4.69, 9.17) is 22.1 Å². The van der Waals surface area contributed by atoms with Gasteiger partial charge in [0, 0.05) is 5.56 Å². The van der Waals surface area contributed by atoms with Crippen molar-refractivity contribution in [3.05, 3.63) is 71.8 Å². The Kier molecular flexibility index (Phi) is 8.14. The van der Waals surface area contributed by atoms with Crippen LogP contribution in [-0.4, -0.2) is 40.5 Å². The van der Waals surface area contributed by atoms with Crippen molar-refractivity contribution >= 4 is 30.9 Å². The number of unbranched alkanes of at least 4 members (excludes halogenated alkanes) is 1. The van der Waals surface area contributed by atoms with Gasteiger partial charge in [-0.05, 0) is 30.2 Å². The molecule has 0 saturated heterocycles. The molecule has 3 rings (SSSR count). The summed E-state index contributed by atoms with van der Waals surface area (Å²) in [5.74, 6) is -0.156. The standard InChI is InChI=1S/C26H26BNO5/c1-4-5-13-33-23-12-11-18(27)14-21(23)25(29)28-22-15-19(17-9-7-6-8-10-17)24(31-2)16-20(22)26(30)32-3/h6-12,14-16H,4-5,13H2,1-3H3,(H,28,29). The second-order valence-corrected chi connectivity index (χ2v) is 7.37. The average molecular weight is 443 g/mol. The van der Waals surface area contributed by atoms with Crippen molar-refractivity contribution in [2.24, 2.45) is 0 Å². The van der Waals surface area contributed by atoms with Crippen LogP contribution < -0.4 is 20.3 Å². The Bertz CT molecular complexity index is 1130. The van der Waals surface area contributed by atoms with Crippen molar-refractivity contribution in [2.75, 3.05) is 26.1 Å². The van der Waals surface area contributed by atoms with Crippen LogP contribution in [0.1, 0.15) is 40.5 Å². The van der Waals surface area contributed by atoms with Crippen LogP contribution in [0.4, 0.5) is 5.69 Å². The zero-order chi connectivity index (χ0) is 23.8. The van der Waals surface area contributed by atoms with Gasteiger partial charge in [0.25, 0.3) is 5.91 Å². The van der Waals surface area contributed by atoms with E-state index in [1.54, 1.807) is 30.3 Å². The molecule has 0 aliphatic carbocycles. The monoisotopic (exact) mass is 443 g/mol. The molecule has 0 atom stereocenters. The molecule has 0 heterocycles. The van der Waals surface area contributed by atoms with Gasteiger partial charge in [0.15, 0.2) is 0 Å². The lowest BCUT2D eigenvalue weighted by atomic mass is 9.93. The van der Waals surface area contributed by atoms with Crippen LogP contribution >= 0.6 is 0 Å². The molecule has 1 amide bonds.